The number of primary sulfonamides is 1. The van der Waals surface area contributed by atoms with E-state index >= 15 is 0 Å². The van der Waals surface area contributed by atoms with E-state index in [9.17, 15) is 13.2 Å². The second kappa shape index (κ2) is 7.75. The lowest BCUT2D eigenvalue weighted by atomic mass is 10.1. The minimum atomic E-state index is -3.66. The van der Waals surface area contributed by atoms with E-state index in [2.05, 4.69) is 12.2 Å². The van der Waals surface area contributed by atoms with Crippen molar-refractivity contribution in [3.63, 3.8) is 0 Å². The number of hydrogen-bond acceptors (Lipinski definition) is 4. The highest BCUT2D eigenvalue weighted by Gasteiger charge is 2.16. The van der Waals surface area contributed by atoms with Gasteiger partial charge in [0.05, 0.1) is 6.04 Å². The quantitative estimate of drug-likeness (QED) is 0.722. The molecule has 0 saturated heterocycles. The Morgan fingerprint density at radius 3 is 2.60 bits per heavy atom. The summed E-state index contributed by atoms with van der Waals surface area (Å²) in [7, 11) is -3.66. The molecule has 0 bridgehead atoms. The number of rotatable bonds is 8. The zero-order valence-electron chi connectivity index (χ0n) is 11.9. The number of sulfonamides is 1. The van der Waals surface area contributed by atoms with Crippen LogP contribution in [0.2, 0.25) is 0 Å². The highest BCUT2D eigenvalue weighted by Crippen LogP contribution is 2.25. The summed E-state index contributed by atoms with van der Waals surface area (Å²) >= 11 is 1.09. The van der Waals surface area contributed by atoms with Crippen molar-refractivity contribution in [1.82, 2.24) is 5.32 Å². The molecule has 20 heavy (non-hydrogen) atoms. The van der Waals surface area contributed by atoms with Gasteiger partial charge in [-0.2, -0.15) is 0 Å². The first-order valence-corrected chi connectivity index (χ1v) is 9.12. The maximum absolute atomic E-state index is 11.7. The molecule has 5 nitrogen and oxygen atoms in total. The van der Waals surface area contributed by atoms with E-state index in [-0.39, 0.29) is 16.2 Å². The Labute approximate surface area is 124 Å². The molecule has 3 N–H and O–H groups in total. The van der Waals surface area contributed by atoms with E-state index in [0.29, 0.717) is 6.42 Å². The molecule has 0 aromatic carbocycles. The average Bonchev–Trinajstić information content (AvgIpc) is 2.84. The molecule has 0 aliphatic rings. The van der Waals surface area contributed by atoms with Gasteiger partial charge in [-0.15, -0.1) is 11.3 Å². The van der Waals surface area contributed by atoms with Gasteiger partial charge >= 0.3 is 0 Å². The SMILES string of the molecule is CCCCCCC(=O)NC(C)c1ccc(S(N)(=O)=O)s1. The van der Waals surface area contributed by atoms with Crippen molar-refractivity contribution >= 4 is 27.3 Å². The van der Waals surface area contributed by atoms with Crippen molar-refractivity contribution in [3.8, 4) is 0 Å². The van der Waals surface area contributed by atoms with Gasteiger partial charge in [0.25, 0.3) is 0 Å². The molecule has 1 unspecified atom stereocenters. The Hall–Kier alpha value is -0.920. The Morgan fingerprint density at radius 1 is 1.35 bits per heavy atom. The molecule has 7 heteroatoms. The molecule has 1 amide bonds. The highest BCUT2D eigenvalue weighted by molar-refractivity contribution is 7.91. The van der Waals surface area contributed by atoms with Crippen LogP contribution in [0.5, 0.6) is 0 Å². The number of hydrogen-bond donors (Lipinski definition) is 2. The van der Waals surface area contributed by atoms with Crippen LogP contribution in [-0.2, 0) is 14.8 Å². The van der Waals surface area contributed by atoms with Gasteiger partial charge < -0.3 is 5.32 Å². The summed E-state index contributed by atoms with van der Waals surface area (Å²) in [5.41, 5.74) is 0. The number of carbonyl (C=O) groups excluding carboxylic acids is 1. The van der Waals surface area contributed by atoms with Crippen LogP contribution >= 0.6 is 11.3 Å². The molecule has 0 aliphatic heterocycles. The maximum atomic E-state index is 11.7. The fraction of sp³-hybridized carbons (Fsp3) is 0.615. The predicted octanol–water partition coefficient (Wildman–Crippen LogP) is 2.54. The second-order valence-corrected chi connectivity index (χ2v) is 7.71. The third kappa shape index (κ3) is 5.60. The molecule has 0 saturated carbocycles. The van der Waals surface area contributed by atoms with E-state index in [1.165, 1.54) is 6.07 Å². The largest absolute Gasteiger partial charge is 0.349 e. The maximum Gasteiger partial charge on any atom is 0.247 e. The minimum Gasteiger partial charge on any atom is -0.349 e. The van der Waals surface area contributed by atoms with E-state index in [0.717, 1.165) is 41.9 Å². The number of nitrogens with two attached hydrogens (primary N) is 1. The topological polar surface area (TPSA) is 89.3 Å². The van der Waals surface area contributed by atoms with Gasteiger partial charge in [-0.3, -0.25) is 4.79 Å². The summed E-state index contributed by atoms with van der Waals surface area (Å²) in [6.45, 7) is 3.96. The van der Waals surface area contributed by atoms with Gasteiger partial charge in [0, 0.05) is 11.3 Å². The fourth-order valence-electron chi connectivity index (χ4n) is 1.82. The van der Waals surface area contributed by atoms with Crippen molar-refractivity contribution in [1.29, 1.82) is 0 Å². The van der Waals surface area contributed by atoms with E-state index in [1.807, 2.05) is 6.92 Å². The third-order valence-corrected chi connectivity index (χ3v) is 5.65. The first kappa shape index (κ1) is 17.1. The van der Waals surface area contributed by atoms with Crippen LogP contribution in [0.15, 0.2) is 16.3 Å². The minimum absolute atomic E-state index is 0.000779. The van der Waals surface area contributed by atoms with Crippen molar-refractivity contribution < 1.29 is 13.2 Å². The van der Waals surface area contributed by atoms with E-state index < -0.39 is 10.0 Å². The van der Waals surface area contributed by atoms with Crippen LogP contribution in [0.25, 0.3) is 0 Å². The van der Waals surface area contributed by atoms with Gasteiger partial charge in [-0.1, -0.05) is 26.2 Å². The van der Waals surface area contributed by atoms with Crippen molar-refractivity contribution in [2.75, 3.05) is 0 Å². The molecule has 1 aromatic heterocycles. The summed E-state index contributed by atoms with van der Waals surface area (Å²) in [6, 6.07) is 2.96. The molecule has 0 aliphatic carbocycles. The third-order valence-electron chi connectivity index (χ3n) is 2.94. The van der Waals surface area contributed by atoms with E-state index in [1.54, 1.807) is 6.07 Å². The first-order valence-electron chi connectivity index (χ1n) is 6.76. The van der Waals surface area contributed by atoms with Crippen LogP contribution in [0, 0.1) is 0 Å². The summed E-state index contributed by atoms with van der Waals surface area (Å²) in [4.78, 5) is 12.5. The normalized spacial score (nSPS) is 13.2. The number of thiophene rings is 1. The van der Waals surface area contributed by atoms with Gasteiger partial charge in [-0.05, 0) is 25.5 Å². The van der Waals surface area contributed by atoms with Crippen LogP contribution in [-0.4, -0.2) is 14.3 Å². The zero-order valence-corrected chi connectivity index (χ0v) is 13.5. The molecular formula is C13H22N2O3S2. The van der Waals surface area contributed by atoms with Crippen molar-refractivity contribution in [2.24, 2.45) is 5.14 Å². The van der Waals surface area contributed by atoms with Crippen LogP contribution in [0.3, 0.4) is 0 Å². The molecule has 114 valence electrons. The Balaban J connectivity index is 2.48. The van der Waals surface area contributed by atoms with Crippen molar-refractivity contribution in [2.45, 2.75) is 56.2 Å². The Morgan fingerprint density at radius 2 is 2.05 bits per heavy atom. The monoisotopic (exact) mass is 318 g/mol. The summed E-state index contributed by atoms with van der Waals surface area (Å²) < 4.78 is 22.5. The summed E-state index contributed by atoms with van der Waals surface area (Å²) in [6.07, 6.45) is 4.75. The Kier molecular flexibility index (Phi) is 6.64. The first-order chi connectivity index (χ1) is 9.34. The number of nitrogens with one attached hydrogen (secondary N) is 1. The standard InChI is InChI=1S/C13H22N2O3S2/c1-3-4-5-6-7-12(16)15-10(2)11-8-9-13(19-11)20(14,17)18/h8-10H,3-7H2,1-2H3,(H,15,16)(H2,14,17,18). The fourth-order valence-corrected chi connectivity index (χ4v) is 3.57. The molecule has 1 heterocycles. The number of amides is 1. The second-order valence-electron chi connectivity index (χ2n) is 4.80. The van der Waals surface area contributed by atoms with Gasteiger partial charge in [0.2, 0.25) is 15.9 Å². The summed E-state index contributed by atoms with van der Waals surface area (Å²) in [5, 5.41) is 7.93. The average molecular weight is 318 g/mol. The molecule has 1 rings (SSSR count). The number of carbonyl (C=O) groups is 1. The smallest absolute Gasteiger partial charge is 0.247 e. The van der Waals surface area contributed by atoms with Gasteiger partial charge in [-0.25, -0.2) is 13.6 Å². The lowest BCUT2D eigenvalue weighted by Crippen LogP contribution is -2.25. The molecule has 1 atom stereocenters. The zero-order chi connectivity index (χ0) is 15.2. The lowest BCUT2D eigenvalue weighted by Gasteiger charge is -2.12. The van der Waals surface area contributed by atoms with Crippen LogP contribution in [0.1, 0.15) is 56.9 Å². The molecule has 1 aromatic rings. The number of unbranched alkanes of at least 4 members (excludes halogenated alkanes) is 3. The Bertz CT molecular complexity index is 538. The van der Waals surface area contributed by atoms with Crippen LogP contribution < -0.4 is 10.5 Å². The molecule has 0 radical (unpaired) electrons. The summed E-state index contributed by atoms with van der Waals surface area (Å²) in [5.74, 6) is -0.000779. The molecular weight excluding hydrogens is 296 g/mol. The molecule has 0 spiro atoms. The van der Waals surface area contributed by atoms with Gasteiger partial charge in [0.1, 0.15) is 4.21 Å². The van der Waals surface area contributed by atoms with Crippen molar-refractivity contribution in [3.05, 3.63) is 17.0 Å². The lowest BCUT2D eigenvalue weighted by molar-refractivity contribution is -0.121. The van der Waals surface area contributed by atoms with Gasteiger partial charge in [0.15, 0.2) is 0 Å². The molecule has 0 fully saturated rings. The van der Waals surface area contributed by atoms with Crippen LogP contribution in [0.4, 0.5) is 0 Å². The highest BCUT2D eigenvalue weighted by atomic mass is 32.2. The van der Waals surface area contributed by atoms with E-state index in [4.69, 9.17) is 5.14 Å². The predicted molar refractivity (Wildman–Crippen MR) is 81.0 cm³/mol.